The molecule has 0 spiro atoms. The number of benzene rings is 3. The third kappa shape index (κ3) is 2.31. The van der Waals surface area contributed by atoms with Crippen LogP contribution in [0.3, 0.4) is 0 Å². The van der Waals surface area contributed by atoms with Crippen molar-refractivity contribution in [3.63, 3.8) is 0 Å². The van der Waals surface area contributed by atoms with Gasteiger partial charge in [-0.25, -0.2) is 9.97 Å². The average molecular weight is 344 g/mol. The first-order chi connectivity index (χ1) is 11.9. The highest BCUT2D eigenvalue weighted by Crippen LogP contribution is 2.30. The molecule has 0 aliphatic carbocycles. The quantitative estimate of drug-likeness (QED) is 0.379. The summed E-state index contributed by atoms with van der Waals surface area (Å²) >= 11 is 3.36. The van der Waals surface area contributed by atoms with Gasteiger partial charge in [0.2, 0.25) is 0 Å². The van der Waals surface area contributed by atoms with E-state index in [4.69, 9.17) is 0 Å². The molecule has 2 nitrogen and oxygen atoms in total. The second-order valence-electron chi connectivity index (χ2n) is 5.65. The molecular weight excluding hydrogens is 332 g/mol. The molecular formula is C20H12N2S2. The largest absolute Gasteiger partial charge is 0.245 e. The Balaban J connectivity index is 1.53. The van der Waals surface area contributed by atoms with Gasteiger partial charge in [0.15, 0.2) is 0 Å². The lowest BCUT2D eigenvalue weighted by Gasteiger charge is -2.05. The molecule has 24 heavy (non-hydrogen) atoms. The van der Waals surface area contributed by atoms with Crippen molar-refractivity contribution >= 4 is 43.1 Å². The van der Waals surface area contributed by atoms with Crippen LogP contribution >= 0.6 is 22.7 Å². The maximum atomic E-state index is 4.34. The number of hydrogen-bond acceptors (Lipinski definition) is 4. The Hall–Kier alpha value is -2.56. The van der Waals surface area contributed by atoms with Crippen LogP contribution in [0.1, 0.15) is 0 Å². The van der Waals surface area contributed by atoms with Crippen LogP contribution in [0.4, 0.5) is 0 Å². The molecule has 0 bridgehead atoms. The maximum absolute atomic E-state index is 4.34. The van der Waals surface area contributed by atoms with Crippen molar-refractivity contribution in [3.8, 4) is 22.3 Å². The van der Waals surface area contributed by atoms with Gasteiger partial charge in [0.25, 0.3) is 0 Å². The van der Waals surface area contributed by atoms with Gasteiger partial charge < -0.3 is 0 Å². The van der Waals surface area contributed by atoms with Crippen LogP contribution in [-0.2, 0) is 0 Å². The van der Waals surface area contributed by atoms with E-state index >= 15 is 0 Å². The molecule has 0 amide bonds. The highest BCUT2D eigenvalue weighted by Gasteiger charge is 2.04. The van der Waals surface area contributed by atoms with Gasteiger partial charge in [-0.1, -0.05) is 36.4 Å². The second kappa shape index (κ2) is 5.51. The fourth-order valence-corrected chi connectivity index (χ4v) is 4.36. The molecule has 5 aromatic rings. The summed E-state index contributed by atoms with van der Waals surface area (Å²) in [5.74, 6) is 0. The Morgan fingerprint density at radius 3 is 1.38 bits per heavy atom. The van der Waals surface area contributed by atoms with Crippen LogP contribution in [0, 0.1) is 0 Å². The number of aromatic nitrogens is 2. The molecule has 3 aromatic carbocycles. The minimum absolute atomic E-state index is 1.07. The summed E-state index contributed by atoms with van der Waals surface area (Å²) in [6, 6.07) is 21.6. The van der Waals surface area contributed by atoms with Crippen molar-refractivity contribution in [3.05, 3.63) is 71.7 Å². The van der Waals surface area contributed by atoms with E-state index in [2.05, 4.69) is 70.6 Å². The molecule has 5 rings (SSSR count). The lowest BCUT2D eigenvalue weighted by molar-refractivity contribution is 1.50. The van der Waals surface area contributed by atoms with E-state index in [9.17, 15) is 0 Å². The number of hydrogen-bond donors (Lipinski definition) is 0. The summed E-state index contributed by atoms with van der Waals surface area (Å²) in [6.07, 6.45) is 0. The third-order valence-electron chi connectivity index (χ3n) is 4.21. The van der Waals surface area contributed by atoms with Crippen LogP contribution < -0.4 is 0 Å². The first kappa shape index (κ1) is 13.8. The summed E-state index contributed by atoms with van der Waals surface area (Å²) in [4.78, 5) is 8.68. The van der Waals surface area contributed by atoms with Crippen LogP contribution in [0.15, 0.2) is 71.7 Å². The Kier molecular flexibility index (Phi) is 3.18. The van der Waals surface area contributed by atoms with Gasteiger partial charge in [0.1, 0.15) is 0 Å². The fourth-order valence-electron chi connectivity index (χ4n) is 2.92. The van der Waals surface area contributed by atoms with Crippen molar-refractivity contribution in [2.45, 2.75) is 0 Å². The minimum atomic E-state index is 1.07. The monoisotopic (exact) mass is 344 g/mol. The predicted molar refractivity (Wildman–Crippen MR) is 104 cm³/mol. The summed E-state index contributed by atoms with van der Waals surface area (Å²) in [5, 5.41) is 0. The molecule has 114 valence electrons. The fraction of sp³-hybridized carbons (Fsp3) is 0. The first-order valence-corrected chi connectivity index (χ1v) is 9.40. The number of nitrogens with zero attached hydrogens (tertiary/aromatic N) is 2. The van der Waals surface area contributed by atoms with Crippen molar-refractivity contribution in [1.82, 2.24) is 9.97 Å². The Bertz CT molecular complexity index is 1060. The van der Waals surface area contributed by atoms with Crippen molar-refractivity contribution in [2.75, 3.05) is 0 Å². The van der Waals surface area contributed by atoms with Crippen molar-refractivity contribution < 1.29 is 0 Å². The molecule has 0 N–H and O–H groups in total. The van der Waals surface area contributed by atoms with Gasteiger partial charge in [-0.15, -0.1) is 22.7 Å². The van der Waals surface area contributed by atoms with Gasteiger partial charge in [-0.05, 0) is 46.5 Å². The van der Waals surface area contributed by atoms with Crippen LogP contribution in [-0.4, -0.2) is 9.97 Å². The minimum Gasteiger partial charge on any atom is -0.245 e. The van der Waals surface area contributed by atoms with Crippen LogP contribution in [0.25, 0.3) is 42.7 Å². The van der Waals surface area contributed by atoms with Gasteiger partial charge in [-0.3, -0.25) is 0 Å². The van der Waals surface area contributed by atoms with Crippen molar-refractivity contribution in [1.29, 1.82) is 0 Å². The standard InChI is InChI=1S/C20H12N2S2/c1-2-14(16-6-8-18-20(10-16)24-12-22-18)4-3-13(1)15-5-7-17-19(9-15)23-11-21-17/h1-12H. The first-order valence-electron chi connectivity index (χ1n) is 7.64. The number of fused-ring (bicyclic) bond motifs is 2. The van der Waals surface area contributed by atoms with E-state index < -0.39 is 0 Å². The van der Waals surface area contributed by atoms with Gasteiger partial charge in [0.05, 0.1) is 31.5 Å². The summed E-state index contributed by atoms with van der Waals surface area (Å²) < 4.78 is 2.46. The molecule has 2 aromatic heterocycles. The van der Waals surface area contributed by atoms with Crippen LogP contribution in [0.5, 0.6) is 0 Å². The molecule has 0 fully saturated rings. The van der Waals surface area contributed by atoms with E-state index in [1.807, 2.05) is 11.0 Å². The van der Waals surface area contributed by atoms with Crippen LogP contribution in [0.2, 0.25) is 0 Å². The Morgan fingerprint density at radius 1 is 0.500 bits per heavy atom. The lowest BCUT2D eigenvalue weighted by Crippen LogP contribution is -1.81. The SMILES string of the molecule is c1nc2ccc(-c3ccc(-c4ccc5ncsc5c4)cc3)cc2s1. The Labute approximate surface area is 147 Å². The third-order valence-corrected chi connectivity index (χ3v) is 5.80. The molecule has 0 unspecified atom stereocenters. The molecule has 0 aliphatic rings. The smallest absolute Gasteiger partial charge is 0.0812 e. The number of thiazole rings is 2. The predicted octanol–water partition coefficient (Wildman–Crippen LogP) is 6.24. The zero-order chi connectivity index (χ0) is 15.9. The average Bonchev–Trinajstić information content (AvgIpc) is 3.29. The van der Waals surface area contributed by atoms with Gasteiger partial charge >= 0.3 is 0 Å². The molecule has 0 aliphatic heterocycles. The topological polar surface area (TPSA) is 25.8 Å². The normalized spacial score (nSPS) is 11.3. The van der Waals surface area contributed by atoms with E-state index in [-0.39, 0.29) is 0 Å². The van der Waals surface area contributed by atoms with Gasteiger partial charge in [-0.2, -0.15) is 0 Å². The molecule has 0 atom stereocenters. The summed E-state index contributed by atoms with van der Waals surface area (Å²) in [5.41, 5.74) is 10.9. The van der Waals surface area contributed by atoms with Gasteiger partial charge in [0, 0.05) is 0 Å². The Morgan fingerprint density at radius 2 is 0.917 bits per heavy atom. The summed E-state index contributed by atoms with van der Waals surface area (Å²) in [7, 11) is 0. The van der Waals surface area contributed by atoms with Crippen molar-refractivity contribution in [2.24, 2.45) is 0 Å². The molecule has 0 saturated heterocycles. The molecule has 4 heteroatoms. The molecule has 2 heterocycles. The van der Waals surface area contributed by atoms with E-state index in [0.717, 1.165) is 11.0 Å². The highest BCUT2D eigenvalue weighted by molar-refractivity contribution is 7.17. The maximum Gasteiger partial charge on any atom is 0.0812 e. The summed E-state index contributed by atoms with van der Waals surface area (Å²) in [6.45, 7) is 0. The molecule has 0 saturated carbocycles. The van der Waals surface area contributed by atoms with E-state index in [1.165, 1.54) is 31.7 Å². The van der Waals surface area contributed by atoms with E-state index in [0.29, 0.717) is 0 Å². The zero-order valence-corrected chi connectivity index (χ0v) is 14.3. The second-order valence-corrected chi connectivity index (χ2v) is 7.42. The zero-order valence-electron chi connectivity index (χ0n) is 12.6. The number of rotatable bonds is 2. The molecule has 0 radical (unpaired) electrons. The highest BCUT2D eigenvalue weighted by atomic mass is 32.1. The lowest BCUT2D eigenvalue weighted by atomic mass is 10.0. The van der Waals surface area contributed by atoms with E-state index in [1.54, 1.807) is 22.7 Å².